The van der Waals surface area contributed by atoms with Crippen molar-refractivity contribution >= 4 is 28.7 Å². The number of hydrogen-bond acceptors (Lipinski definition) is 2. The predicted molar refractivity (Wildman–Crippen MR) is 88.3 cm³/mol. The maximum Gasteiger partial charge on any atom is 0.175 e. The summed E-state index contributed by atoms with van der Waals surface area (Å²) in [6.07, 6.45) is 1.04. The average Bonchev–Trinajstić information content (AvgIpc) is 2.66. The fourth-order valence-corrected chi connectivity index (χ4v) is 2.27. The van der Waals surface area contributed by atoms with Gasteiger partial charge < -0.3 is 10.6 Å². The van der Waals surface area contributed by atoms with Crippen LogP contribution in [0.5, 0.6) is 0 Å². The molecule has 0 bridgehead atoms. The van der Waals surface area contributed by atoms with Crippen LogP contribution in [0, 0.1) is 13.8 Å². The average molecular weight is 288 g/mol. The first kappa shape index (κ1) is 14.5. The number of rotatable bonds is 3. The van der Waals surface area contributed by atoms with Gasteiger partial charge in [0.15, 0.2) is 5.11 Å². The highest BCUT2D eigenvalue weighted by atomic mass is 32.1. The van der Waals surface area contributed by atoms with Crippen molar-refractivity contribution in [2.45, 2.75) is 27.2 Å². The van der Waals surface area contributed by atoms with Gasteiger partial charge in [-0.1, -0.05) is 19.1 Å². The summed E-state index contributed by atoms with van der Waals surface area (Å²) in [5.74, 6) is 0. The van der Waals surface area contributed by atoms with Crippen LogP contribution in [0.15, 0.2) is 24.3 Å². The molecule has 0 aliphatic rings. The van der Waals surface area contributed by atoms with E-state index in [9.17, 15) is 0 Å². The summed E-state index contributed by atoms with van der Waals surface area (Å²) in [4.78, 5) is 0. The second-order valence-corrected chi connectivity index (χ2v) is 5.21. The Morgan fingerprint density at radius 2 is 1.85 bits per heavy atom. The van der Waals surface area contributed by atoms with Gasteiger partial charge >= 0.3 is 0 Å². The van der Waals surface area contributed by atoms with Crippen molar-refractivity contribution in [3.05, 3.63) is 41.2 Å². The van der Waals surface area contributed by atoms with E-state index in [0.717, 1.165) is 29.2 Å². The summed E-state index contributed by atoms with van der Waals surface area (Å²) in [5, 5.41) is 11.3. The van der Waals surface area contributed by atoms with Gasteiger partial charge in [-0.25, -0.2) is 0 Å². The molecule has 2 aromatic rings. The molecule has 106 valence electrons. The highest BCUT2D eigenvalue weighted by Gasteiger charge is 2.10. The Balaban J connectivity index is 2.05. The molecule has 0 aliphatic carbocycles. The zero-order valence-corrected chi connectivity index (χ0v) is 13.1. The van der Waals surface area contributed by atoms with Crippen LogP contribution in [-0.2, 0) is 13.5 Å². The van der Waals surface area contributed by atoms with E-state index >= 15 is 0 Å². The number of aryl methyl sites for hydroxylation is 3. The third-order valence-corrected chi connectivity index (χ3v) is 3.57. The van der Waals surface area contributed by atoms with Gasteiger partial charge in [0.25, 0.3) is 0 Å². The molecule has 0 atom stereocenters. The molecule has 1 heterocycles. The van der Waals surface area contributed by atoms with Crippen molar-refractivity contribution in [3.8, 4) is 0 Å². The second-order valence-electron chi connectivity index (χ2n) is 4.80. The van der Waals surface area contributed by atoms with E-state index in [4.69, 9.17) is 12.2 Å². The maximum absolute atomic E-state index is 5.35. The molecule has 20 heavy (non-hydrogen) atoms. The van der Waals surface area contributed by atoms with E-state index in [0.29, 0.717) is 5.11 Å². The van der Waals surface area contributed by atoms with E-state index in [1.807, 2.05) is 37.7 Å². The molecule has 1 aromatic carbocycles. The summed E-state index contributed by atoms with van der Waals surface area (Å²) in [6, 6.07) is 8.28. The molecule has 5 heteroatoms. The lowest BCUT2D eigenvalue weighted by molar-refractivity contribution is 0.731. The Labute approximate surface area is 125 Å². The topological polar surface area (TPSA) is 41.9 Å². The zero-order chi connectivity index (χ0) is 14.7. The highest BCUT2D eigenvalue weighted by Crippen LogP contribution is 2.19. The fourth-order valence-electron chi connectivity index (χ4n) is 2.05. The van der Waals surface area contributed by atoms with Crippen LogP contribution in [0.4, 0.5) is 11.4 Å². The van der Waals surface area contributed by atoms with Crippen molar-refractivity contribution < 1.29 is 0 Å². The molecule has 1 aromatic heterocycles. The molecule has 0 unspecified atom stereocenters. The maximum atomic E-state index is 5.35. The molecule has 0 amide bonds. The normalized spacial score (nSPS) is 10.4. The third kappa shape index (κ3) is 3.17. The summed E-state index contributed by atoms with van der Waals surface area (Å²) in [6.45, 7) is 6.12. The van der Waals surface area contributed by atoms with Gasteiger partial charge in [-0.05, 0) is 50.2 Å². The van der Waals surface area contributed by atoms with Gasteiger partial charge in [0.2, 0.25) is 0 Å². The van der Waals surface area contributed by atoms with Gasteiger partial charge in [0.1, 0.15) is 0 Å². The van der Waals surface area contributed by atoms with Gasteiger partial charge in [0.05, 0.1) is 17.1 Å². The zero-order valence-electron chi connectivity index (χ0n) is 12.3. The van der Waals surface area contributed by atoms with Crippen molar-refractivity contribution in [3.63, 3.8) is 0 Å². The van der Waals surface area contributed by atoms with Gasteiger partial charge in [-0.15, -0.1) is 0 Å². The number of thiocarbonyl (C=S) groups is 1. The first-order valence-corrected chi connectivity index (χ1v) is 7.09. The minimum atomic E-state index is 0.577. The van der Waals surface area contributed by atoms with Crippen LogP contribution in [-0.4, -0.2) is 14.9 Å². The third-order valence-electron chi connectivity index (χ3n) is 3.37. The monoisotopic (exact) mass is 288 g/mol. The van der Waals surface area contributed by atoms with Crippen LogP contribution in [0.2, 0.25) is 0 Å². The van der Waals surface area contributed by atoms with E-state index < -0.39 is 0 Å². The lowest BCUT2D eigenvalue weighted by Gasteiger charge is -2.11. The fraction of sp³-hybridized carbons (Fsp3) is 0.333. The minimum absolute atomic E-state index is 0.577. The van der Waals surface area contributed by atoms with Crippen LogP contribution in [0.25, 0.3) is 0 Å². The molecule has 2 rings (SSSR count). The first-order valence-electron chi connectivity index (χ1n) is 6.68. The summed E-state index contributed by atoms with van der Waals surface area (Å²) in [7, 11) is 1.92. The Morgan fingerprint density at radius 3 is 2.35 bits per heavy atom. The number of anilines is 2. The predicted octanol–water partition coefficient (Wildman–Crippen LogP) is 3.41. The van der Waals surface area contributed by atoms with Crippen LogP contribution in [0.3, 0.4) is 0 Å². The highest BCUT2D eigenvalue weighted by molar-refractivity contribution is 7.80. The van der Waals surface area contributed by atoms with Crippen LogP contribution >= 0.6 is 12.2 Å². The van der Waals surface area contributed by atoms with Crippen molar-refractivity contribution in [1.82, 2.24) is 9.78 Å². The van der Waals surface area contributed by atoms with Crippen molar-refractivity contribution in [2.75, 3.05) is 10.6 Å². The van der Waals surface area contributed by atoms with E-state index in [2.05, 4.69) is 34.8 Å². The molecule has 2 N–H and O–H groups in total. The Hall–Kier alpha value is -1.88. The van der Waals surface area contributed by atoms with Crippen LogP contribution in [0.1, 0.15) is 23.9 Å². The molecule has 0 radical (unpaired) electrons. The lowest BCUT2D eigenvalue weighted by atomic mass is 10.1. The summed E-state index contributed by atoms with van der Waals surface area (Å²) < 4.78 is 1.84. The number of nitrogens with zero attached hydrogens (tertiary/aromatic N) is 2. The summed E-state index contributed by atoms with van der Waals surface area (Å²) >= 11 is 5.35. The van der Waals surface area contributed by atoms with Crippen molar-refractivity contribution in [1.29, 1.82) is 0 Å². The molecular formula is C15H20N4S. The smallest absolute Gasteiger partial charge is 0.175 e. The molecule has 0 aliphatic heterocycles. The summed E-state index contributed by atoms with van der Waals surface area (Å²) in [5.41, 5.74) is 5.27. The van der Waals surface area contributed by atoms with E-state index in [-0.39, 0.29) is 0 Å². The second kappa shape index (κ2) is 6.05. The molecular weight excluding hydrogens is 268 g/mol. The first-order chi connectivity index (χ1) is 9.51. The molecule has 0 spiro atoms. The van der Waals surface area contributed by atoms with Gasteiger partial charge in [0, 0.05) is 12.7 Å². The Kier molecular flexibility index (Phi) is 4.39. The van der Waals surface area contributed by atoms with E-state index in [1.165, 1.54) is 5.56 Å². The van der Waals surface area contributed by atoms with Gasteiger partial charge in [-0.2, -0.15) is 5.10 Å². The minimum Gasteiger partial charge on any atom is -0.332 e. The van der Waals surface area contributed by atoms with Crippen molar-refractivity contribution in [2.24, 2.45) is 7.05 Å². The molecule has 0 saturated heterocycles. The molecule has 0 saturated carbocycles. The SMILES string of the molecule is CCc1ccc(NC(=S)Nc2c(C)nn(C)c2C)cc1. The number of aromatic nitrogens is 2. The van der Waals surface area contributed by atoms with Crippen LogP contribution < -0.4 is 10.6 Å². The largest absolute Gasteiger partial charge is 0.332 e. The van der Waals surface area contributed by atoms with Gasteiger partial charge in [-0.3, -0.25) is 4.68 Å². The number of nitrogens with one attached hydrogen (secondary N) is 2. The Bertz CT molecular complexity index is 614. The Morgan fingerprint density at radius 1 is 1.20 bits per heavy atom. The number of benzene rings is 1. The lowest BCUT2D eigenvalue weighted by Crippen LogP contribution is -2.19. The molecule has 4 nitrogen and oxygen atoms in total. The quantitative estimate of drug-likeness (QED) is 0.849. The van der Waals surface area contributed by atoms with E-state index in [1.54, 1.807) is 0 Å². The molecule has 0 fully saturated rings. The number of hydrogen-bond donors (Lipinski definition) is 2. The standard InChI is InChI=1S/C15H20N4S/c1-5-12-6-8-13(9-7-12)16-15(20)17-14-10(2)18-19(4)11(14)3/h6-9H,5H2,1-4H3,(H2,16,17,20).